The first-order valence-electron chi connectivity index (χ1n) is 13.4. The highest BCUT2D eigenvalue weighted by molar-refractivity contribution is 7.21. The van der Waals surface area contributed by atoms with Crippen molar-refractivity contribution in [3.8, 4) is 10.4 Å². The zero-order valence-electron chi connectivity index (χ0n) is 21.7. The number of benzene rings is 2. The first-order chi connectivity index (χ1) is 19.5. The summed E-state index contributed by atoms with van der Waals surface area (Å²) in [6.45, 7) is 4.83. The first-order valence-corrected chi connectivity index (χ1v) is 14.2. The van der Waals surface area contributed by atoms with Gasteiger partial charge in [-0.1, -0.05) is 42.5 Å². The van der Waals surface area contributed by atoms with Crippen molar-refractivity contribution in [1.29, 1.82) is 0 Å². The van der Waals surface area contributed by atoms with Gasteiger partial charge in [-0.15, -0.1) is 11.3 Å². The molecule has 2 saturated heterocycles. The van der Waals surface area contributed by atoms with Crippen LogP contribution in [0.15, 0.2) is 60.9 Å². The summed E-state index contributed by atoms with van der Waals surface area (Å²) in [6.07, 6.45) is 1.85. The number of fused-ring (bicyclic) bond motifs is 2. The molecule has 1 N–H and O–H groups in total. The molecule has 202 valence electrons. The average Bonchev–Trinajstić information content (AvgIpc) is 3.55. The normalized spacial score (nSPS) is 18.0. The summed E-state index contributed by atoms with van der Waals surface area (Å²) in [5, 5.41) is 6.16. The minimum absolute atomic E-state index is 0.185. The van der Waals surface area contributed by atoms with E-state index in [2.05, 4.69) is 61.5 Å². The molecule has 0 radical (unpaired) electrons. The molecule has 5 heterocycles. The molecule has 0 bridgehead atoms. The second-order valence-electron chi connectivity index (χ2n) is 10.2. The van der Waals surface area contributed by atoms with Gasteiger partial charge in [0.05, 0.1) is 18.5 Å². The molecule has 0 unspecified atom stereocenters. The van der Waals surface area contributed by atoms with E-state index in [1.165, 1.54) is 20.5 Å². The number of urea groups is 1. The van der Waals surface area contributed by atoms with Crippen LogP contribution in [0.25, 0.3) is 20.7 Å². The SMILES string of the molecule is O=C1CCN(N2Cc3cc(CN4CCN(c5ncnc6sc(-c7ccccc7)cc56)CC4)ccc3C2=O)C(=O)N1. The van der Waals surface area contributed by atoms with Gasteiger partial charge in [-0.25, -0.2) is 24.8 Å². The number of imide groups is 1. The van der Waals surface area contributed by atoms with Crippen molar-refractivity contribution in [1.82, 2.24) is 30.2 Å². The summed E-state index contributed by atoms with van der Waals surface area (Å²) >= 11 is 1.69. The van der Waals surface area contributed by atoms with Crippen LogP contribution >= 0.6 is 11.3 Å². The number of amides is 4. The highest BCUT2D eigenvalue weighted by Gasteiger charge is 2.37. The molecule has 3 aliphatic heterocycles. The number of carbonyl (C=O) groups is 3. The Kier molecular flexibility index (Phi) is 6.17. The van der Waals surface area contributed by atoms with Crippen LogP contribution in [-0.4, -0.2) is 75.5 Å². The molecule has 4 amide bonds. The highest BCUT2D eigenvalue weighted by Crippen LogP contribution is 2.36. The maximum atomic E-state index is 13.0. The molecule has 40 heavy (non-hydrogen) atoms. The quantitative estimate of drug-likeness (QED) is 0.404. The fourth-order valence-electron chi connectivity index (χ4n) is 5.65. The Morgan fingerprint density at radius 2 is 1.70 bits per heavy atom. The number of hydrogen-bond donors (Lipinski definition) is 1. The maximum Gasteiger partial charge on any atom is 0.342 e. The van der Waals surface area contributed by atoms with Gasteiger partial charge >= 0.3 is 6.03 Å². The van der Waals surface area contributed by atoms with Gasteiger partial charge in [0.1, 0.15) is 17.0 Å². The molecular weight excluding hydrogens is 526 g/mol. The number of anilines is 1. The lowest BCUT2D eigenvalue weighted by molar-refractivity contribution is -0.123. The fourth-order valence-corrected chi connectivity index (χ4v) is 6.65. The lowest BCUT2D eigenvalue weighted by Crippen LogP contribution is -2.56. The predicted molar refractivity (Wildman–Crippen MR) is 152 cm³/mol. The number of thiophene rings is 1. The number of carbonyl (C=O) groups excluding carboxylic acids is 3. The minimum atomic E-state index is -0.546. The van der Waals surface area contributed by atoms with Crippen molar-refractivity contribution in [2.24, 2.45) is 0 Å². The number of rotatable bonds is 5. The van der Waals surface area contributed by atoms with Crippen LogP contribution in [0.1, 0.15) is 27.9 Å². The van der Waals surface area contributed by atoms with E-state index in [1.807, 2.05) is 18.2 Å². The predicted octanol–water partition coefficient (Wildman–Crippen LogP) is 3.49. The van der Waals surface area contributed by atoms with Gasteiger partial charge in [0, 0.05) is 49.6 Å². The van der Waals surface area contributed by atoms with E-state index in [0.29, 0.717) is 12.1 Å². The topological polar surface area (TPSA) is 102 Å². The van der Waals surface area contributed by atoms with Gasteiger partial charge in [0.15, 0.2) is 0 Å². The molecule has 4 aromatic rings. The number of aromatic nitrogens is 2. The van der Waals surface area contributed by atoms with E-state index in [1.54, 1.807) is 17.7 Å². The molecule has 11 heteroatoms. The number of hydrogen-bond acceptors (Lipinski definition) is 8. The third-order valence-electron chi connectivity index (χ3n) is 7.72. The lowest BCUT2D eigenvalue weighted by atomic mass is 10.1. The van der Waals surface area contributed by atoms with Crippen molar-refractivity contribution in [2.45, 2.75) is 19.5 Å². The Hall–Kier alpha value is -4.35. The van der Waals surface area contributed by atoms with Crippen molar-refractivity contribution in [3.05, 3.63) is 77.6 Å². The molecule has 3 aliphatic rings. The summed E-state index contributed by atoms with van der Waals surface area (Å²) in [4.78, 5) is 52.9. The number of piperazine rings is 1. The summed E-state index contributed by atoms with van der Waals surface area (Å²) < 4.78 is 0. The highest BCUT2D eigenvalue weighted by atomic mass is 32.1. The largest absolute Gasteiger partial charge is 0.353 e. The zero-order chi connectivity index (χ0) is 27.2. The van der Waals surface area contributed by atoms with Crippen LogP contribution in [0.2, 0.25) is 0 Å². The van der Waals surface area contributed by atoms with Gasteiger partial charge in [-0.2, -0.15) is 0 Å². The molecule has 10 nitrogen and oxygen atoms in total. The number of nitrogens with one attached hydrogen (secondary N) is 1. The first kappa shape index (κ1) is 24.7. The van der Waals surface area contributed by atoms with Crippen LogP contribution in [0.4, 0.5) is 10.6 Å². The molecule has 2 fully saturated rings. The number of hydrazine groups is 1. The van der Waals surface area contributed by atoms with Crippen LogP contribution in [0, 0.1) is 0 Å². The van der Waals surface area contributed by atoms with Crippen molar-refractivity contribution < 1.29 is 14.4 Å². The molecule has 0 saturated carbocycles. The Balaban J connectivity index is 1.01. The molecule has 7 rings (SSSR count). The zero-order valence-corrected chi connectivity index (χ0v) is 22.6. The molecular formula is C29H27N7O3S. The standard InChI is InChI=1S/C29H27N7O3S/c37-25-8-9-35(29(39)32-25)36-17-21-14-19(6-7-22(21)28(36)38)16-33-10-12-34(13-11-33)26-23-15-24(20-4-2-1-3-5-20)40-27(23)31-18-30-26/h1-7,14-15,18H,8-13,16-17H2,(H,32,37,39). The maximum absolute atomic E-state index is 13.0. The van der Waals surface area contributed by atoms with Crippen molar-refractivity contribution >= 4 is 45.2 Å². The summed E-state index contributed by atoms with van der Waals surface area (Å²) in [5.74, 6) is 0.464. The van der Waals surface area contributed by atoms with Crippen LogP contribution in [0.5, 0.6) is 0 Å². The van der Waals surface area contributed by atoms with Crippen molar-refractivity contribution in [2.75, 3.05) is 37.6 Å². The van der Waals surface area contributed by atoms with Gasteiger partial charge in [-0.05, 0) is 28.8 Å². The molecule has 2 aromatic heterocycles. The number of nitrogens with zero attached hydrogens (tertiary/aromatic N) is 6. The van der Waals surface area contributed by atoms with Gasteiger partial charge in [-0.3, -0.25) is 19.8 Å². The van der Waals surface area contributed by atoms with Gasteiger partial charge in [0.25, 0.3) is 5.91 Å². The Labute approximate surface area is 234 Å². The molecule has 0 spiro atoms. The fraction of sp³-hybridized carbons (Fsp3) is 0.276. The molecule has 2 aromatic carbocycles. The Morgan fingerprint density at radius 3 is 2.50 bits per heavy atom. The molecule has 0 aliphatic carbocycles. The Bertz CT molecular complexity index is 1630. The summed E-state index contributed by atoms with van der Waals surface area (Å²) in [5.41, 5.74) is 3.84. The van der Waals surface area contributed by atoms with Gasteiger partial charge in [0.2, 0.25) is 5.91 Å². The van der Waals surface area contributed by atoms with E-state index >= 15 is 0 Å². The van der Waals surface area contributed by atoms with Crippen molar-refractivity contribution in [3.63, 3.8) is 0 Å². The van der Waals surface area contributed by atoms with Gasteiger partial charge < -0.3 is 4.90 Å². The van der Waals surface area contributed by atoms with E-state index in [0.717, 1.165) is 59.9 Å². The van der Waals surface area contributed by atoms with Crippen LogP contribution in [-0.2, 0) is 17.9 Å². The van der Waals surface area contributed by atoms with Crippen LogP contribution < -0.4 is 10.2 Å². The molecule has 0 atom stereocenters. The smallest absolute Gasteiger partial charge is 0.342 e. The summed E-state index contributed by atoms with van der Waals surface area (Å²) in [6, 6.07) is 18.0. The minimum Gasteiger partial charge on any atom is -0.353 e. The average molecular weight is 554 g/mol. The summed E-state index contributed by atoms with van der Waals surface area (Å²) in [7, 11) is 0. The Morgan fingerprint density at radius 1 is 0.875 bits per heavy atom. The monoisotopic (exact) mass is 553 g/mol. The third kappa shape index (κ3) is 4.46. The van der Waals surface area contributed by atoms with E-state index in [-0.39, 0.29) is 24.8 Å². The van der Waals surface area contributed by atoms with E-state index < -0.39 is 6.03 Å². The van der Waals surface area contributed by atoms with Crippen LogP contribution in [0.3, 0.4) is 0 Å². The third-order valence-corrected chi connectivity index (χ3v) is 8.81. The second-order valence-corrected chi connectivity index (χ2v) is 11.3. The lowest BCUT2D eigenvalue weighted by Gasteiger charge is -2.35. The second kappa shape index (κ2) is 10.00. The van der Waals surface area contributed by atoms with E-state index in [4.69, 9.17) is 0 Å². The van der Waals surface area contributed by atoms with E-state index in [9.17, 15) is 14.4 Å².